The van der Waals surface area contributed by atoms with Crippen LogP contribution < -0.4 is 0 Å². The van der Waals surface area contributed by atoms with Gasteiger partial charge in [0.2, 0.25) is 0 Å². The number of carboxylic acids is 1. The number of hydrogen-bond donors (Lipinski definition) is 2. The second-order valence-corrected chi connectivity index (χ2v) is 7.24. The number of rotatable bonds is 4. The maximum Gasteiger partial charge on any atom is 0.307 e. The molecule has 0 aliphatic carbocycles. The van der Waals surface area contributed by atoms with Gasteiger partial charge in [-0.1, -0.05) is 35.0 Å². The molecule has 23 heavy (non-hydrogen) atoms. The van der Waals surface area contributed by atoms with Gasteiger partial charge in [0.25, 0.3) is 0 Å². The third kappa shape index (κ3) is 4.00. The van der Waals surface area contributed by atoms with Crippen LogP contribution in [0.5, 0.6) is 0 Å². The van der Waals surface area contributed by atoms with E-state index in [0.717, 1.165) is 34.5 Å². The summed E-state index contributed by atoms with van der Waals surface area (Å²) in [6.07, 6.45) is 2.59. The van der Waals surface area contributed by atoms with Crippen LogP contribution in [0.15, 0.2) is 34.9 Å². The molecule has 3 rings (SSSR count). The molecule has 0 saturated carbocycles. The molecule has 2 N–H and O–H groups in total. The van der Waals surface area contributed by atoms with Crippen LogP contribution in [0.3, 0.4) is 0 Å². The molecular weight excluding hydrogens is 358 g/mol. The minimum absolute atomic E-state index is 0.279. The molecule has 0 spiro atoms. The Hall–Kier alpha value is -1.66. The SMILES string of the molecule is CC1CC(C(=O)O)CN(Cc2ncc(-c3cccc(Br)c3)[nH]2)C1. The molecule has 1 aliphatic rings. The standard InChI is InChI=1S/C17H20BrN3O2/c1-11-5-13(17(22)23)9-21(8-11)10-16-19-7-15(20-16)12-3-2-4-14(18)6-12/h2-4,6-7,11,13H,5,8-10H2,1H3,(H,19,20)(H,22,23). The number of aromatic amines is 1. The van der Waals surface area contributed by atoms with Gasteiger partial charge >= 0.3 is 5.97 Å². The molecule has 1 aliphatic heterocycles. The molecule has 1 fully saturated rings. The molecule has 2 heterocycles. The number of nitrogens with zero attached hydrogens (tertiary/aromatic N) is 2. The first-order chi connectivity index (χ1) is 11.0. The van der Waals surface area contributed by atoms with E-state index >= 15 is 0 Å². The lowest BCUT2D eigenvalue weighted by Crippen LogP contribution is -2.42. The number of piperidine rings is 1. The maximum atomic E-state index is 11.3. The molecule has 2 unspecified atom stereocenters. The van der Waals surface area contributed by atoms with Gasteiger partial charge in [0.05, 0.1) is 24.4 Å². The van der Waals surface area contributed by atoms with Gasteiger partial charge in [-0.3, -0.25) is 9.69 Å². The zero-order valence-electron chi connectivity index (χ0n) is 13.0. The summed E-state index contributed by atoms with van der Waals surface area (Å²) in [5.41, 5.74) is 2.05. The van der Waals surface area contributed by atoms with Crippen LogP contribution in [0.2, 0.25) is 0 Å². The second-order valence-electron chi connectivity index (χ2n) is 6.32. The summed E-state index contributed by atoms with van der Waals surface area (Å²) in [5.74, 6) is 0.289. The number of carboxylic acid groups (broad SMARTS) is 1. The number of nitrogens with one attached hydrogen (secondary N) is 1. The van der Waals surface area contributed by atoms with Crippen molar-refractivity contribution in [2.24, 2.45) is 11.8 Å². The first-order valence-corrected chi connectivity index (χ1v) is 8.55. The van der Waals surface area contributed by atoms with Crippen molar-refractivity contribution in [3.8, 4) is 11.3 Å². The summed E-state index contributed by atoms with van der Waals surface area (Å²) < 4.78 is 1.03. The lowest BCUT2D eigenvalue weighted by Gasteiger charge is -2.34. The Morgan fingerprint density at radius 1 is 1.48 bits per heavy atom. The van der Waals surface area contributed by atoms with Crippen molar-refractivity contribution in [1.29, 1.82) is 0 Å². The van der Waals surface area contributed by atoms with E-state index in [2.05, 4.69) is 37.7 Å². The van der Waals surface area contributed by atoms with Crippen LogP contribution in [0, 0.1) is 11.8 Å². The van der Waals surface area contributed by atoms with E-state index in [1.165, 1.54) is 0 Å². The van der Waals surface area contributed by atoms with E-state index < -0.39 is 5.97 Å². The summed E-state index contributed by atoms with van der Waals surface area (Å²) in [6, 6.07) is 8.05. The second kappa shape index (κ2) is 6.84. The van der Waals surface area contributed by atoms with E-state index in [9.17, 15) is 9.90 Å². The van der Waals surface area contributed by atoms with Crippen molar-refractivity contribution in [3.05, 3.63) is 40.8 Å². The highest BCUT2D eigenvalue weighted by Gasteiger charge is 2.29. The van der Waals surface area contributed by atoms with Crippen LogP contribution in [-0.4, -0.2) is 39.0 Å². The number of hydrogen-bond acceptors (Lipinski definition) is 3. The summed E-state index contributed by atoms with van der Waals surface area (Å²) in [4.78, 5) is 21.2. The lowest BCUT2D eigenvalue weighted by molar-refractivity contribution is -0.144. The van der Waals surface area contributed by atoms with Crippen LogP contribution in [0.25, 0.3) is 11.3 Å². The van der Waals surface area contributed by atoms with Crippen molar-refractivity contribution < 1.29 is 9.90 Å². The molecule has 5 nitrogen and oxygen atoms in total. The Labute approximate surface area is 143 Å². The summed E-state index contributed by atoms with van der Waals surface area (Å²) in [7, 11) is 0. The van der Waals surface area contributed by atoms with Crippen molar-refractivity contribution >= 4 is 21.9 Å². The first-order valence-electron chi connectivity index (χ1n) is 7.76. The van der Waals surface area contributed by atoms with Crippen molar-refractivity contribution in [3.63, 3.8) is 0 Å². The topological polar surface area (TPSA) is 69.2 Å². The number of aliphatic carboxylic acids is 1. The van der Waals surface area contributed by atoms with Crippen molar-refractivity contribution in [2.45, 2.75) is 19.9 Å². The summed E-state index contributed by atoms with van der Waals surface area (Å²) in [6.45, 7) is 4.27. The number of likely N-dealkylation sites (tertiary alicyclic amines) is 1. The Balaban J connectivity index is 1.70. The average Bonchev–Trinajstić information content (AvgIpc) is 2.95. The van der Waals surface area contributed by atoms with Crippen molar-refractivity contribution in [1.82, 2.24) is 14.9 Å². The summed E-state index contributed by atoms with van der Waals surface area (Å²) >= 11 is 3.47. The molecule has 122 valence electrons. The molecule has 1 aromatic carbocycles. The fraction of sp³-hybridized carbons (Fsp3) is 0.412. The van der Waals surface area contributed by atoms with Gasteiger partial charge in [0.1, 0.15) is 5.82 Å². The molecule has 0 bridgehead atoms. The number of benzene rings is 1. The van der Waals surface area contributed by atoms with Crippen LogP contribution in [0.4, 0.5) is 0 Å². The van der Waals surface area contributed by atoms with E-state index in [1.54, 1.807) is 0 Å². The third-order valence-electron chi connectivity index (χ3n) is 4.22. The third-order valence-corrected chi connectivity index (χ3v) is 4.72. The lowest BCUT2D eigenvalue weighted by atomic mass is 9.90. The number of imidazole rings is 1. The van der Waals surface area contributed by atoms with Gasteiger partial charge in [0, 0.05) is 23.1 Å². The molecule has 1 aromatic heterocycles. The minimum atomic E-state index is -0.698. The molecule has 0 amide bonds. The Morgan fingerprint density at radius 3 is 3.04 bits per heavy atom. The highest BCUT2D eigenvalue weighted by atomic mass is 79.9. The van der Waals surface area contributed by atoms with Crippen LogP contribution in [-0.2, 0) is 11.3 Å². The van der Waals surface area contributed by atoms with E-state index in [0.29, 0.717) is 19.0 Å². The van der Waals surface area contributed by atoms with Gasteiger partial charge in [-0.2, -0.15) is 0 Å². The zero-order valence-corrected chi connectivity index (χ0v) is 14.6. The average molecular weight is 378 g/mol. The van der Waals surface area contributed by atoms with Crippen molar-refractivity contribution in [2.75, 3.05) is 13.1 Å². The number of carbonyl (C=O) groups is 1. The van der Waals surface area contributed by atoms with E-state index in [1.807, 2.05) is 30.5 Å². The van der Waals surface area contributed by atoms with Gasteiger partial charge in [-0.15, -0.1) is 0 Å². The fourth-order valence-corrected chi connectivity index (χ4v) is 3.63. The summed E-state index contributed by atoms with van der Waals surface area (Å²) in [5, 5.41) is 9.26. The number of aromatic nitrogens is 2. The number of halogens is 1. The van der Waals surface area contributed by atoms with Crippen LogP contribution in [0.1, 0.15) is 19.2 Å². The Kier molecular flexibility index (Phi) is 4.82. The normalized spacial score (nSPS) is 22.2. The molecule has 1 saturated heterocycles. The zero-order chi connectivity index (χ0) is 16.4. The molecular formula is C17H20BrN3O2. The fourth-order valence-electron chi connectivity index (χ4n) is 3.23. The predicted octanol–water partition coefficient (Wildman–Crippen LogP) is 3.38. The number of H-pyrrole nitrogens is 1. The molecule has 2 aromatic rings. The van der Waals surface area contributed by atoms with E-state index in [4.69, 9.17) is 0 Å². The molecule has 2 atom stereocenters. The van der Waals surface area contributed by atoms with E-state index in [-0.39, 0.29) is 5.92 Å². The first kappa shape index (κ1) is 16.2. The highest BCUT2D eigenvalue weighted by molar-refractivity contribution is 9.10. The monoisotopic (exact) mass is 377 g/mol. The largest absolute Gasteiger partial charge is 0.481 e. The van der Waals surface area contributed by atoms with Crippen LogP contribution >= 0.6 is 15.9 Å². The molecule has 6 heteroatoms. The van der Waals surface area contributed by atoms with Gasteiger partial charge in [-0.05, 0) is 24.5 Å². The van der Waals surface area contributed by atoms with Gasteiger partial charge in [-0.25, -0.2) is 4.98 Å². The minimum Gasteiger partial charge on any atom is -0.481 e. The van der Waals surface area contributed by atoms with Gasteiger partial charge in [0.15, 0.2) is 0 Å². The maximum absolute atomic E-state index is 11.3. The molecule has 0 radical (unpaired) electrons. The Bertz CT molecular complexity index is 701. The Morgan fingerprint density at radius 2 is 2.30 bits per heavy atom. The quantitative estimate of drug-likeness (QED) is 0.856. The smallest absolute Gasteiger partial charge is 0.307 e. The van der Waals surface area contributed by atoms with Gasteiger partial charge < -0.3 is 10.1 Å². The predicted molar refractivity (Wildman–Crippen MR) is 91.9 cm³/mol. The highest BCUT2D eigenvalue weighted by Crippen LogP contribution is 2.24.